The van der Waals surface area contributed by atoms with Crippen LogP contribution in [0.2, 0.25) is 0 Å². The molecule has 2 aliphatic rings. The second kappa shape index (κ2) is 10.6. The van der Waals surface area contributed by atoms with E-state index in [1.54, 1.807) is 6.08 Å². The molecule has 1 atom stereocenters. The SMILES string of the molecule is Cc1ccc(N2CCN(c3nc(/C=C4\SC(O)NC4=O)cc(N(C)Cc4ccccc4)n3)CC2)cc1. The van der Waals surface area contributed by atoms with E-state index in [4.69, 9.17) is 9.97 Å². The van der Waals surface area contributed by atoms with E-state index in [1.807, 2.05) is 31.3 Å². The van der Waals surface area contributed by atoms with Crippen molar-refractivity contribution in [2.24, 2.45) is 0 Å². The molecule has 3 aromatic rings. The van der Waals surface area contributed by atoms with Gasteiger partial charge in [-0.05, 0) is 30.7 Å². The minimum atomic E-state index is -0.930. The lowest BCUT2D eigenvalue weighted by molar-refractivity contribution is -0.117. The number of aryl methyl sites for hydroxylation is 1. The normalized spacial score (nSPS) is 19.0. The maximum atomic E-state index is 12.2. The molecule has 8 nitrogen and oxygen atoms in total. The van der Waals surface area contributed by atoms with Crippen LogP contribution in [0.1, 0.15) is 16.8 Å². The fourth-order valence-electron chi connectivity index (χ4n) is 4.33. The highest BCUT2D eigenvalue weighted by molar-refractivity contribution is 8.05. The first-order chi connectivity index (χ1) is 17.4. The summed E-state index contributed by atoms with van der Waals surface area (Å²) < 4.78 is 0. The van der Waals surface area contributed by atoms with Gasteiger partial charge in [-0.3, -0.25) is 4.79 Å². The molecule has 2 aromatic carbocycles. The number of hydrogen-bond donors (Lipinski definition) is 2. The molecule has 1 amide bonds. The number of piperazine rings is 1. The molecule has 1 unspecified atom stereocenters. The number of nitrogens with zero attached hydrogens (tertiary/aromatic N) is 5. The molecule has 2 aliphatic heterocycles. The van der Waals surface area contributed by atoms with E-state index >= 15 is 0 Å². The number of anilines is 3. The number of carbonyl (C=O) groups excluding carboxylic acids is 1. The van der Waals surface area contributed by atoms with Crippen molar-refractivity contribution in [1.29, 1.82) is 0 Å². The minimum Gasteiger partial charge on any atom is -0.368 e. The third-order valence-electron chi connectivity index (χ3n) is 6.33. The summed E-state index contributed by atoms with van der Waals surface area (Å²) in [6.45, 7) is 6.13. The number of aliphatic hydroxyl groups excluding tert-OH is 1. The molecule has 5 rings (SSSR count). The van der Waals surface area contributed by atoms with Gasteiger partial charge in [0.1, 0.15) is 5.82 Å². The Morgan fingerprint density at radius 3 is 2.42 bits per heavy atom. The van der Waals surface area contributed by atoms with Crippen molar-refractivity contribution in [2.75, 3.05) is 47.9 Å². The van der Waals surface area contributed by atoms with Crippen LogP contribution in [-0.2, 0) is 11.3 Å². The zero-order valence-corrected chi connectivity index (χ0v) is 21.3. The Hall–Kier alpha value is -3.56. The number of aromatic nitrogens is 2. The van der Waals surface area contributed by atoms with E-state index in [0.717, 1.165) is 43.8 Å². The monoisotopic (exact) mass is 502 g/mol. The second-order valence-corrected chi connectivity index (χ2v) is 10.2. The van der Waals surface area contributed by atoms with Crippen LogP contribution in [0.15, 0.2) is 65.6 Å². The van der Waals surface area contributed by atoms with E-state index in [0.29, 0.717) is 23.1 Å². The average molecular weight is 503 g/mol. The maximum Gasteiger partial charge on any atom is 0.260 e. The first-order valence-corrected chi connectivity index (χ1v) is 12.9. The van der Waals surface area contributed by atoms with Crippen molar-refractivity contribution in [2.45, 2.75) is 19.0 Å². The van der Waals surface area contributed by atoms with E-state index in [9.17, 15) is 9.90 Å². The molecule has 0 saturated carbocycles. The lowest BCUT2D eigenvalue weighted by Crippen LogP contribution is -2.47. The van der Waals surface area contributed by atoms with Gasteiger partial charge in [0.25, 0.3) is 5.91 Å². The van der Waals surface area contributed by atoms with Crippen molar-refractivity contribution in [3.05, 3.63) is 82.4 Å². The van der Waals surface area contributed by atoms with E-state index < -0.39 is 5.56 Å². The summed E-state index contributed by atoms with van der Waals surface area (Å²) in [4.78, 5) is 29.0. The lowest BCUT2D eigenvalue weighted by atomic mass is 10.2. The summed E-state index contributed by atoms with van der Waals surface area (Å²) in [5.41, 5.74) is 3.37. The van der Waals surface area contributed by atoms with Crippen molar-refractivity contribution >= 4 is 41.2 Å². The highest BCUT2D eigenvalue weighted by Crippen LogP contribution is 2.29. The summed E-state index contributed by atoms with van der Waals surface area (Å²) in [5.74, 6) is 1.13. The summed E-state index contributed by atoms with van der Waals surface area (Å²) in [7, 11) is 2.01. The van der Waals surface area contributed by atoms with Gasteiger partial charge in [-0.2, -0.15) is 4.98 Å². The van der Waals surface area contributed by atoms with Gasteiger partial charge in [-0.1, -0.05) is 59.8 Å². The third kappa shape index (κ3) is 5.63. The molecular weight excluding hydrogens is 472 g/mol. The highest BCUT2D eigenvalue weighted by atomic mass is 32.2. The lowest BCUT2D eigenvalue weighted by Gasteiger charge is -2.36. The van der Waals surface area contributed by atoms with Crippen LogP contribution < -0.4 is 20.0 Å². The molecule has 1 aromatic heterocycles. The molecular formula is C27H30N6O2S. The largest absolute Gasteiger partial charge is 0.368 e. The molecule has 2 N–H and O–H groups in total. The summed E-state index contributed by atoms with van der Waals surface area (Å²) in [5, 5.41) is 12.3. The predicted octanol–water partition coefficient (Wildman–Crippen LogP) is 3.23. The fraction of sp³-hybridized carbons (Fsp3) is 0.296. The zero-order chi connectivity index (χ0) is 25.1. The highest BCUT2D eigenvalue weighted by Gasteiger charge is 2.26. The smallest absolute Gasteiger partial charge is 0.260 e. The molecule has 0 aliphatic carbocycles. The standard InChI is InChI=1S/C27H30N6O2S/c1-19-8-10-22(11-9-19)32-12-14-33(15-13-32)26-28-21(16-23-25(34)30-27(35)36-23)17-24(29-26)31(2)18-20-6-4-3-5-7-20/h3-11,16-17,27,35H,12-15,18H2,1-2H3,(H,30,34)/b23-16-. The Balaban J connectivity index is 1.39. The number of thioether (sulfide) groups is 1. The molecule has 2 fully saturated rings. The van der Waals surface area contributed by atoms with Crippen LogP contribution in [0.4, 0.5) is 17.5 Å². The van der Waals surface area contributed by atoms with Gasteiger partial charge in [0.05, 0.1) is 10.6 Å². The van der Waals surface area contributed by atoms with Gasteiger partial charge in [-0.15, -0.1) is 0 Å². The predicted molar refractivity (Wildman–Crippen MR) is 146 cm³/mol. The molecule has 0 radical (unpaired) electrons. The molecule has 2 saturated heterocycles. The summed E-state index contributed by atoms with van der Waals surface area (Å²) in [6, 6.07) is 20.8. The first kappa shape index (κ1) is 24.1. The van der Waals surface area contributed by atoms with Crippen molar-refractivity contribution in [3.63, 3.8) is 0 Å². The molecule has 9 heteroatoms. The minimum absolute atomic E-state index is 0.293. The van der Waals surface area contributed by atoms with Gasteiger partial charge < -0.3 is 25.1 Å². The Morgan fingerprint density at radius 1 is 1.06 bits per heavy atom. The Bertz CT molecular complexity index is 1240. The first-order valence-electron chi connectivity index (χ1n) is 12.0. The molecule has 36 heavy (non-hydrogen) atoms. The van der Waals surface area contributed by atoms with Crippen molar-refractivity contribution < 1.29 is 9.90 Å². The molecule has 3 heterocycles. The van der Waals surface area contributed by atoms with Gasteiger partial charge >= 0.3 is 0 Å². The Labute approximate surface area is 215 Å². The summed E-state index contributed by atoms with van der Waals surface area (Å²) in [6.07, 6.45) is 1.73. The molecule has 0 spiro atoms. The van der Waals surface area contributed by atoms with E-state index in [2.05, 4.69) is 63.3 Å². The van der Waals surface area contributed by atoms with E-state index in [-0.39, 0.29) is 5.91 Å². The number of nitrogens with one attached hydrogen (secondary N) is 1. The maximum absolute atomic E-state index is 12.2. The number of amides is 1. The fourth-order valence-corrected chi connectivity index (χ4v) is 5.09. The quantitative estimate of drug-likeness (QED) is 0.497. The van der Waals surface area contributed by atoms with Crippen LogP contribution in [-0.4, -0.2) is 59.8 Å². The van der Waals surface area contributed by atoms with Gasteiger partial charge in [-0.25, -0.2) is 4.98 Å². The van der Waals surface area contributed by atoms with Crippen LogP contribution >= 0.6 is 11.8 Å². The molecule has 0 bridgehead atoms. The zero-order valence-electron chi connectivity index (χ0n) is 20.5. The van der Waals surface area contributed by atoms with Crippen LogP contribution in [0, 0.1) is 6.92 Å². The van der Waals surface area contributed by atoms with Crippen molar-refractivity contribution in [3.8, 4) is 0 Å². The van der Waals surface area contributed by atoms with Crippen LogP contribution in [0.3, 0.4) is 0 Å². The second-order valence-electron chi connectivity index (χ2n) is 9.05. The Kier molecular flexibility index (Phi) is 7.11. The molecule has 186 valence electrons. The number of rotatable bonds is 6. The average Bonchev–Trinajstić information content (AvgIpc) is 3.21. The number of carbonyl (C=O) groups is 1. The van der Waals surface area contributed by atoms with E-state index in [1.165, 1.54) is 16.8 Å². The van der Waals surface area contributed by atoms with Gasteiger partial charge in [0, 0.05) is 51.5 Å². The van der Waals surface area contributed by atoms with Gasteiger partial charge in [0.2, 0.25) is 5.95 Å². The van der Waals surface area contributed by atoms with Crippen LogP contribution in [0.25, 0.3) is 6.08 Å². The third-order valence-corrected chi connectivity index (χ3v) is 7.23. The van der Waals surface area contributed by atoms with Crippen molar-refractivity contribution in [1.82, 2.24) is 15.3 Å². The summed E-state index contributed by atoms with van der Waals surface area (Å²) >= 11 is 1.09. The Morgan fingerprint density at radius 2 is 1.75 bits per heavy atom. The number of benzene rings is 2. The number of hydrogen-bond acceptors (Lipinski definition) is 8. The van der Waals surface area contributed by atoms with Gasteiger partial charge in [0.15, 0.2) is 5.56 Å². The van der Waals surface area contributed by atoms with Crippen LogP contribution in [0.5, 0.6) is 0 Å². The topological polar surface area (TPSA) is 84.8 Å². The number of aliphatic hydroxyl groups is 1.